The molecular weight excluding hydrogens is 201 g/mol. The van der Waals surface area contributed by atoms with Gasteiger partial charge >= 0.3 is 0 Å². The van der Waals surface area contributed by atoms with E-state index in [0.717, 1.165) is 12.5 Å². The Hall–Kier alpha value is -0.890. The lowest BCUT2D eigenvalue weighted by Crippen LogP contribution is -2.26. The molecule has 0 spiro atoms. The van der Waals surface area contributed by atoms with Gasteiger partial charge in [0, 0.05) is 6.04 Å². The second kappa shape index (κ2) is 5.44. The van der Waals surface area contributed by atoms with Gasteiger partial charge in [-0.1, -0.05) is 31.9 Å². The zero-order chi connectivity index (χ0) is 11.4. The van der Waals surface area contributed by atoms with Crippen molar-refractivity contribution in [1.82, 2.24) is 5.32 Å². The molecule has 0 aliphatic heterocycles. The molecule has 1 aromatic carbocycles. The molecule has 1 nitrogen and oxygen atoms in total. The molecule has 0 saturated heterocycles. The number of benzene rings is 1. The van der Waals surface area contributed by atoms with Crippen molar-refractivity contribution < 1.29 is 4.39 Å². The van der Waals surface area contributed by atoms with E-state index in [4.69, 9.17) is 0 Å². The zero-order valence-electron chi connectivity index (χ0n) is 9.88. The van der Waals surface area contributed by atoms with Crippen LogP contribution in [0.15, 0.2) is 24.3 Å². The Balaban J connectivity index is 2.14. The Bertz CT molecular complexity index is 314. The summed E-state index contributed by atoms with van der Waals surface area (Å²) in [6.45, 7) is 3.10. The van der Waals surface area contributed by atoms with Gasteiger partial charge in [-0.25, -0.2) is 4.39 Å². The SMILES string of the molecule is CCNC(c1ccc(F)cc1)C1CCCC1. The number of nitrogens with one attached hydrogen (secondary N) is 1. The van der Waals surface area contributed by atoms with Crippen LogP contribution in [-0.4, -0.2) is 6.54 Å². The zero-order valence-corrected chi connectivity index (χ0v) is 9.88. The summed E-state index contributed by atoms with van der Waals surface area (Å²) in [6.07, 6.45) is 5.28. The highest BCUT2D eigenvalue weighted by atomic mass is 19.1. The molecule has 0 heterocycles. The lowest BCUT2D eigenvalue weighted by molar-refractivity contribution is 0.374. The predicted octanol–water partition coefficient (Wildman–Crippen LogP) is 3.67. The van der Waals surface area contributed by atoms with E-state index in [-0.39, 0.29) is 5.82 Å². The summed E-state index contributed by atoms with van der Waals surface area (Å²) in [5.74, 6) is 0.579. The van der Waals surface area contributed by atoms with Crippen molar-refractivity contribution in [3.8, 4) is 0 Å². The molecule has 1 unspecified atom stereocenters. The fraction of sp³-hybridized carbons (Fsp3) is 0.571. The number of halogens is 1. The molecule has 88 valence electrons. The summed E-state index contributed by atoms with van der Waals surface area (Å²) in [5, 5.41) is 3.54. The van der Waals surface area contributed by atoms with Crippen LogP contribution in [0.25, 0.3) is 0 Å². The Morgan fingerprint density at radius 2 is 1.88 bits per heavy atom. The van der Waals surface area contributed by atoms with Crippen LogP contribution in [0.1, 0.15) is 44.2 Å². The van der Waals surface area contributed by atoms with Crippen LogP contribution < -0.4 is 5.32 Å². The first-order valence-corrected chi connectivity index (χ1v) is 6.30. The van der Waals surface area contributed by atoms with Gasteiger partial charge in [0.1, 0.15) is 5.82 Å². The van der Waals surface area contributed by atoms with E-state index in [1.54, 1.807) is 12.1 Å². The van der Waals surface area contributed by atoms with Gasteiger partial charge in [-0.3, -0.25) is 0 Å². The number of hydrogen-bond acceptors (Lipinski definition) is 1. The average Bonchev–Trinajstić information content (AvgIpc) is 2.81. The minimum absolute atomic E-state index is 0.148. The van der Waals surface area contributed by atoms with Crippen molar-refractivity contribution in [3.63, 3.8) is 0 Å². The molecule has 1 aliphatic rings. The van der Waals surface area contributed by atoms with Gasteiger partial charge in [-0.2, -0.15) is 0 Å². The lowest BCUT2D eigenvalue weighted by Gasteiger charge is -2.24. The van der Waals surface area contributed by atoms with Crippen molar-refractivity contribution in [1.29, 1.82) is 0 Å². The molecule has 0 bridgehead atoms. The van der Waals surface area contributed by atoms with Crippen LogP contribution in [0.2, 0.25) is 0 Å². The monoisotopic (exact) mass is 221 g/mol. The van der Waals surface area contributed by atoms with Crippen LogP contribution in [0.5, 0.6) is 0 Å². The Morgan fingerprint density at radius 3 is 2.44 bits per heavy atom. The largest absolute Gasteiger partial charge is 0.310 e. The highest BCUT2D eigenvalue weighted by Gasteiger charge is 2.25. The molecule has 2 heteroatoms. The summed E-state index contributed by atoms with van der Waals surface area (Å²) in [4.78, 5) is 0. The van der Waals surface area contributed by atoms with Gasteiger partial charge in [-0.15, -0.1) is 0 Å². The van der Waals surface area contributed by atoms with Gasteiger partial charge in [0.15, 0.2) is 0 Å². The van der Waals surface area contributed by atoms with Crippen LogP contribution >= 0.6 is 0 Å². The summed E-state index contributed by atoms with van der Waals surface area (Å²) in [7, 11) is 0. The quantitative estimate of drug-likeness (QED) is 0.818. The third-order valence-corrected chi connectivity index (χ3v) is 3.52. The molecule has 1 aliphatic carbocycles. The minimum atomic E-state index is -0.148. The van der Waals surface area contributed by atoms with Crippen LogP contribution in [0.4, 0.5) is 4.39 Å². The topological polar surface area (TPSA) is 12.0 Å². The van der Waals surface area contributed by atoms with E-state index in [0.29, 0.717) is 6.04 Å². The molecule has 2 rings (SSSR count). The molecule has 1 N–H and O–H groups in total. The maximum Gasteiger partial charge on any atom is 0.123 e. The van der Waals surface area contributed by atoms with E-state index in [9.17, 15) is 4.39 Å². The van der Waals surface area contributed by atoms with E-state index in [1.807, 2.05) is 12.1 Å². The molecule has 1 saturated carbocycles. The first-order chi connectivity index (χ1) is 7.81. The first kappa shape index (κ1) is 11.6. The van der Waals surface area contributed by atoms with Crippen molar-refractivity contribution >= 4 is 0 Å². The summed E-state index contributed by atoms with van der Waals surface area (Å²) < 4.78 is 12.9. The van der Waals surface area contributed by atoms with Gasteiger partial charge in [0.05, 0.1) is 0 Å². The molecule has 0 radical (unpaired) electrons. The third-order valence-electron chi connectivity index (χ3n) is 3.52. The second-order valence-corrected chi connectivity index (χ2v) is 4.63. The smallest absolute Gasteiger partial charge is 0.123 e. The van der Waals surface area contributed by atoms with Crippen LogP contribution in [0, 0.1) is 11.7 Å². The summed E-state index contributed by atoms with van der Waals surface area (Å²) in [5.41, 5.74) is 1.23. The van der Waals surface area contributed by atoms with Crippen LogP contribution in [-0.2, 0) is 0 Å². The van der Waals surface area contributed by atoms with E-state index in [2.05, 4.69) is 12.2 Å². The van der Waals surface area contributed by atoms with E-state index < -0.39 is 0 Å². The fourth-order valence-electron chi connectivity index (χ4n) is 2.74. The van der Waals surface area contributed by atoms with Gasteiger partial charge in [0.25, 0.3) is 0 Å². The normalized spacial score (nSPS) is 18.9. The minimum Gasteiger partial charge on any atom is -0.310 e. The maximum atomic E-state index is 12.9. The van der Waals surface area contributed by atoms with E-state index in [1.165, 1.54) is 31.2 Å². The fourth-order valence-corrected chi connectivity index (χ4v) is 2.74. The van der Waals surface area contributed by atoms with Gasteiger partial charge < -0.3 is 5.32 Å². The maximum absolute atomic E-state index is 12.9. The molecule has 16 heavy (non-hydrogen) atoms. The van der Waals surface area contributed by atoms with Crippen molar-refractivity contribution in [2.24, 2.45) is 5.92 Å². The highest BCUT2D eigenvalue weighted by molar-refractivity contribution is 5.21. The van der Waals surface area contributed by atoms with Gasteiger partial charge in [-0.05, 0) is 43.0 Å². The average molecular weight is 221 g/mol. The summed E-state index contributed by atoms with van der Waals surface area (Å²) >= 11 is 0. The number of hydrogen-bond donors (Lipinski definition) is 1. The second-order valence-electron chi connectivity index (χ2n) is 4.63. The van der Waals surface area contributed by atoms with E-state index >= 15 is 0 Å². The number of rotatable bonds is 4. The van der Waals surface area contributed by atoms with Crippen molar-refractivity contribution in [2.45, 2.75) is 38.6 Å². The third kappa shape index (κ3) is 2.62. The predicted molar refractivity (Wildman–Crippen MR) is 64.8 cm³/mol. The molecular formula is C14H20FN. The Morgan fingerprint density at radius 1 is 1.25 bits per heavy atom. The molecule has 1 atom stereocenters. The first-order valence-electron chi connectivity index (χ1n) is 6.30. The Kier molecular flexibility index (Phi) is 3.94. The molecule has 0 aromatic heterocycles. The summed E-state index contributed by atoms with van der Waals surface area (Å²) in [6, 6.07) is 7.37. The van der Waals surface area contributed by atoms with Crippen LogP contribution in [0.3, 0.4) is 0 Å². The standard InChI is InChI=1S/C14H20FN/c1-2-16-14(11-5-3-4-6-11)12-7-9-13(15)10-8-12/h7-11,14,16H,2-6H2,1H3. The van der Waals surface area contributed by atoms with Crippen molar-refractivity contribution in [3.05, 3.63) is 35.6 Å². The lowest BCUT2D eigenvalue weighted by atomic mass is 9.91. The van der Waals surface area contributed by atoms with Gasteiger partial charge in [0.2, 0.25) is 0 Å². The van der Waals surface area contributed by atoms with Crippen molar-refractivity contribution in [2.75, 3.05) is 6.54 Å². The Labute approximate surface area is 97.1 Å². The molecule has 0 amide bonds. The molecule has 1 aromatic rings. The highest BCUT2D eigenvalue weighted by Crippen LogP contribution is 2.35. The molecule has 1 fully saturated rings.